The van der Waals surface area contributed by atoms with Gasteiger partial charge < -0.3 is 4.74 Å². The highest BCUT2D eigenvalue weighted by molar-refractivity contribution is 6.29. The molecule has 1 aromatic carbocycles. The summed E-state index contributed by atoms with van der Waals surface area (Å²) in [5.41, 5.74) is 1.59. The topological polar surface area (TPSA) is 65.7 Å². The Morgan fingerprint density at radius 1 is 0.913 bits per heavy atom. The van der Waals surface area contributed by atoms with Gasteiger partial charge in [0.1, 0.15) is 22.6 Å². The van der Waals surface area contributed by atoms with E-state index in [2.05, 4.69) is 20.1 Å². The molecule has 0 N–H and O–H groups in total. The van der Waals surface area contributed by atoms with Crippen LogP contribution in [0.15, 0.2) is 61.2 Å². The SMILES string of the molecule is Clc1ccc(Oc2ncnc3c2cnn3-c2ccccc2)cn1. The molecule has 0 saturated heterocycles. The van der Waals surface area contributed by atoms with E-state index in [0.29, 0.717) is 27.8 Å². The third-order valence-electron chi connectivity index (χ3n) is 3.24. The molecule has 0 aliphatic heterocycles. The van der Waals surface area contributed by atoms with E-state index < -0.39 is 0 Å². The van der Waals surface area contributed by atoms with Crippen LogP contribution in [0, 0.1) is 0 Å². The first-order chi connectivity index (χ1) is 11.3. The second kappa shape index (κ2) is 5.66. The van der Waals surface area contributed by atoms with Gasteiger partial charge in [-0.05, 0) is 24.3 Å². The predicted molar refractivity (Wildman–Crippen MR) is 86.0 cm³/mol. The number of hydrogen-bond acceptors (Lipinski definition) is 5. The minimum absolute atomic E-state index is 0.405. The quantitative estimate of drug-likeness (QED) is 0.538. The fourth-order valence-electron chi connectivity index (χ4n) is 2.20. The van der Waals surface area contributed by atoms with Gasteiger partial charge in [0.05, 0.1) is 18.1 Å². The Labute approximate surface area is 136 Å². The van der Waals surface area contributed by atoms with Crippen molar-refractivity contribution in [2.45, 2.75) is 0 Å². The highest BCUT2D eigenvalue weighted by Crippen LogP contribution is 2.27. The van der Waals surface area contributed by atoms with Crippen LogP contribution in [0.2, 0.25) is 5.15 Å². The molecular formula is C16H10ClN5O. The average Bonchev–Trinajstić information content (AvgIpc) is 3.03. The van der Waals surface area contributed by atoms with Crippen molar-refractivity contribution >= 4 is 22.6 Å². The van der Waals surface area contributed by atoms with Crippen LogP contribution in [0.25, 0.3) is 16.7 Å². The molecule has 0 atom stereocenters. The van der Waals surface area contributed by atoms with Gasteiger partial charge in [0.15, 0.2) is 5.65 Å². The summed E-state index contributed by atoms with van der Waals surface area (Å²) in [5, 5.41) is 5.50. The smallest absolute Gasteiger partial charge is 0.233 e. The first-order valence-electron chi connectivity index (χ1n) is 6.85. The molecule has 0 saturated carbocycles. The van der Waals surface area contributed by atoms with Crippen molar-refractivity contribution in [1.29, 1.82) is 0 Å². The second-order valence-corrected chi connectivity index (χ2v) is 5.11. The van der Waals surface area contributed by atoms with Gasteiger partial charge in [-0.2, -0.15) is 5.10 Å². The lowest BCUT2D eigenvalue weighted by Crippen LogP contribution is -1.98. The molecule has 0 unspecified atom stereocenters. The van der Waals surface area contributed by atoms with Crippen molar-refractivity contribution in [3.05, 3.63) is 66.3 Å². The van der Waals surface area contributed by atoms with Crippen LogP contribution in [0.3, 0.4) is 0 Å². The fraction of sp³-hybridized carbons (Fsp3) is 0. The van der Waals surface area contributed by atoms with E-state index in [9.17, 15) is 0 Å². The number of hydrogen-bond donors (Lipinski definition) is 0. The van der Waals surface area contributed by atoms with Crippen molar-refractivity contribution in [3.8, 4) is 17.3 Å². The first-order valence-corrected chi connectivity index (χ1v) is 7.22. The van der Waals surface area contributed by atoms with E-state index in [-0.39, 0.29) is 0 Å². The predicted octanol–water partition coefficient (Wildman–Crippen LogP) is 3.66. The van der Waals surface area contributed by atoms with Crippen LogP contribution in [-0.2, 0) is 0 Å². The number of nitrogens with zero attached hydrogens (tertiary/aromatic N) is 5. The summed E-state index contributed by atoms with van der Waals surface area (Å²) in [7, 11) is 0. The Bertz CT molecular complexity index is 953. The molecular weight excluding hydrogens is 314 g/mol. The lowest BCUT2D eigenvalue weighted by Gasteiger charge is -2.05. The van der Waals surface area contributed by atoms with Crippen LogP contribution in [0.5, 0.6) is 11.6 Å². The maximum atomic E-state index is 5.78. The molecule has 6 nitrogen and oxygen atoms in total. The van der Waals surface area contributed by atoms with Gasteiger partial charge in [-0.3, -0.25) is 0 Å². The lowest BCUT2D eigenvalue weighted by molar-refractivity contribution is 0.466. The highest BCUT2D eigenvalue weighted by Gasteiger charge is 2.12. The summed E-state index contributed by atoms with van der Waals surface area (Å²) in [6.45, 7) is 0. The standard InChI is InChI=1S/C16H10ClN5O/c17-14-7-6-12(8-18-14)23-16-13-9-21-22(15(13)19-10-20-16)11-4-2-1-3-5-11/h1-10H. The fourth-order valence-corrected chi connectivity index (χ4v) is 2.31. The van der Waals surface area contributed by atoms with Gasteiger partial charge in [0.25, 0.3) is 0 Å². The van der Waals surface area contributed by atoms with Gasteiger partial charge in [0.2, 0.25) is 5.88 Å². The van der Waals surface area contributed by atoms with E-state index >= 15 is 0 Å². The number of fused-ring (bicyclic) bond motifs is 1. The zero-order valence-corrected chi connectivity index (χ0v) is 12.6. The molecule has 0 amide bonds. The highest BCUT2D eigenvalue weighted by atomic mass is 35.5. The van der Waals surface area contributed by atoms with E-state index in [1.54, 1.807) is 23.0 Å². The van der Waals surface area contributed by atoms with E-state index in [4.69, 9.17) is 16.3 Å². The van der Waals surface area contributed by atoms with E-state index in [0.717, 1.165) is 5.69 Å². The third kappa shape index (κ3) is 2.60. The Morgan fingerprint density at radius 2 is 1.78 bits per heavy atom. The van der Waals surface area contributed by atoms with Crippen molar-refractivity contribution in [1.82, 2.24) is 24.7 Å². The Kier molecular flexibility index (Phi) is 3.36. The molecule has 0 fully saturated rings. The molecule has 0 aliphatic rings. The van der Waals surface area contributed by atoms with Gasteiger partial charge in [-0.1, -0.05) is 29.8 Å². The number of pyridine rings is 1. The summed E-state index contributed by atoms with van der Waals surface area (Å²) in [6, 6.07) is 13.1. The molecule has 0 radical (unpaired) electrons. The minimum Gasteiger partial charge on any atom is -0.436 e. The third-order valence-corrected chi connectivity index (χ3v) is 3.47. The number of benzene rings is 1. The van der Waals surface area contributed by atoms with Crippen molar-refractivity contribution in [2.75, 3.05) is 0 Å². The largest absolute Gasteiger partial charge is 0.436 e. The van der Waals surface area contributed by atoms with Crippen molar-refractivity contribution in [3.63, 3.8) is 0 Å². The number of rotatable bonds is 3. The first kappa shape index (κ1) is 13.7. The van der Waals surface area contributed by atoms with Crippen LogP contribution >= 0.6 is 11.6 Å². The zero-order chi connectivity index (χ0) is 15.6. The molecule has 112 valence electrons. The van der Waals surface area contributed by atoms with Gasteiger partial charge in [-0.15, -0.1) is 0 Å². The van der Waals surface area contributed by atoms with Crippen LogP contribution in [0.4, 0.5) is 0 Å². The lowest BCUT2D eigenvalue weighted by atomic mass is 10.3. The molecule has 7 heteroatoms. The number of halogens is 1. The Hall–Kier alpha value is -2.99. The van der Waals surface area contributed by atoms with Crippen molar-refractivity contribution in [2.24, 2.45) is 0 Å². The molecule has 4 rings (SSSR count). The molecule has 3 aromatic heterocycles. The summed E-state index contributed by atoms with van der Waals surface area (Å²) in [4.78, 5) is 12.5. The molecule has 0 aliphatic carbocycles. The van der Waals surface area contributed by atoms with Crippen LogP contribution in [-0.4, -0.2) is 24.7 Å². The number of aromatic nitrogens is 5. The van der Waals surface area contributed by atoms with Crippen molar-refractivity contribution < 1.29 is 4.74 Å². The number of ether oxygens (including phenoxy) is 1. The summed E-state index contributed by atoms with van der Waals surface area (Å²) in [6.07, 6.45) is 4.67. The zero-order valence-electron chi connectivity index (χ0n) is 11.8. The Morgan fingerprint density at radius 3 is 2.57 bits per heavy atom. The van der Waals surface area contributed by atoms with Crippen LogP contribution in [0.1, 0.15) is 0 Å². The summed E-state index contributed by atoms with van der Waals surface area (Å²) in [5.74, 6) is 0.961. The van der Waals surface area contributed by atoms with Gasteiger partial charge in [-0.25, -0.2) is 19.6 Å². The minimum atomic E-state index is 0.405. The normalized spacial score (nSPS) is 10.8. The van der Waals surface area contributed by atoms with Gasteiger partial charge in [0, 0.05) is 0 Å². The molecule has 23 heavy (non-hydrogen) atoms. The molecule has 3 heterocycles. The average molecular weight is 324 g/mol. The monoisotopic (exact) mass is 323 g/mol. The molecule has 0 spiro atoms. The molecule has 0 bridgehead atoms. The Balaban J connectivity index is 1.77. The summed E-state index contributed by atoms with van der Waals surface area (Å²) >= 11 is 5.78. The van der Waals surface area contributed by atoms with E-state index in [1.807, 2.05) is 30.3 Å². The summed E-state index contributed by atoms with van der Waals surface area (Å²) < 4.78 is 7.51. The number of para-hydroxylation sites is 1. The second-order valence-electron chi connectivity index (χ2n) is 4.73. The maximum Gasteiger partial charge on any atom is 0.233 e. The molecule has 4 aromatic rings. The van der Waals surface area contributed by atoms with Crippen LogP contribution < -0.4 is 4.74 Å². The van der Waals surface area contributed by atoms with E-state index in [1.165, 1.54) is 12.5 Å². The van der Waals surface area contributed by atoms with Gasteiger partial charge >= 0.3 is 0 Å². The maximum absolute atomic E-state index is 5.78.